The molecule has 0 heterocycles. The maximum absolute atomic E-state index is 13.7. The molecule has 7 nitrogen and oxygen atoms in total. The Labute approximate surface area is 217 Å². The molecule has 1 aliphatic carbocycles. The lowest BCUT2D eigenvalue weighted by molar-refractivity contribution is -0.140. The van der Waals surface area contributed by atoms with E-state index in [1.165, 1.54) is 23.1 Å². The van der Waals surface area contributed by atoms with Crippen LogP contribution >= 0.6 is 23.2 Å². The van der Waals surface area contributed by atoms with Crippen LogP contribution in [0.25, 0.3) is 0 Å². The van der Waals surface area contributed by atoms with E-state index >= 15 is 0 Å². The summed E-state index contributed by atoms with van der Waals surface area (Å²) in [6, 6.07) is 13.1. The number of hydrogen-bond acceptors (Lipinski definition) is 4. The molecule has 0 aromatic heterocycles. The summed E-state index contributed by atoms with van der Waals surface area (Å²) in [5.74, 6) is -0.706. The van der Waals surface area contributed by atoms with E-state index in [-0.39, 0.29) is 34.2 Å². The quantitative estimate of drug-likeness (QED) is 0.476. The SMILES string of the molecule is CCC(C(=O)NC1CCCC1)N(Cc1ccccc1)C(=O)CN(c1ccc(Cl)c(Cl)c1)S(C)(=O)=O. The predicted molar refractivity (Wildman–Crippen MR) is 140 cm³/mol. The normalized spacial score (nSPS) is 15.0. The zero-order valence-corrected chi connectivity index (χ0v) is 22.2. The number of benzene rings is 2. The van der Waals surface area contributed by atoms with Gasteiger partial charge >= 0.3 is 0 Å². The van der Waals surface area contributed by atoms with Crippen LogP contribution in [0.1, 0.15) is 44.6 Å². The van der Waals surface area contributed by atoms with Crippen LogP contribution in [-0.4, -0.2) is 50.0 Å². The Morgan fingerprint density at radius 2 is 1.71 bits per heavy atom. The molecule has 2 amide bonds. The van der Waals surface area contributed by atoms with Crippen molar-refractivity contribution in [1.29, 1.82) is 0 Å². The number of hydrogen-bond donors (Lipinski definition) is 1. The average Bonchev–Trinajstić information content (AvgIpc) is 3.32. The van der Waals surface area contributed by atoms with Gasteiger partial charge in [-0.25, -0.2) is 8.42 Å². The summed E-state index contributed by atoms with van der Waals surface area (Å²) in [7, 11) is -3.84. The highest BCUT2D eigenvalue weighted by molar-refractivity contribution is 7.92. The first-order valence-electron chi connectivity index (χ1n) is 11.7. The van der Waals surface area contributed by atoms with E-state index < -0.39 is 28.5 Å². The van der Waals surface area contributed by atoms with E-state index in [4.69, 9.17) is 23.2 Å². The van der Waals surface area contributed by atoms with E-state index in [0.717, 1.165) is 41.8 Å². The molecule has 0 aliphatic heterocycles. The molecule has 2 aromatic rings. The molecule has 2 aromatic carbocycles. The summed E-state index contributed by atoms with van der Waals surface area (Å²) in [4.78, 5) is 28.4. The number of anilines is 1. The Morgan fingerprint density at radius 3 is 2.29 bits per heavy atom. The minimum absolute atomic E-state index is 0.106. The summed E-state index contributed by atoms with van der Waals surface area (Å²) in [5, 5.41) is 3.53. The monoisotopic (exact) mass is 539 g/mol. The fraction of sp³-hybridized carbons (Fsp3) is 0.440. The lowest BCUT2D eigenvalue weighted by atomic mass is 10.1. The molecule has 3 rings (SSSR count). The van der Waals surface area contributed by atoms with Crippen molar-refractivity contribution in [1.82, 2.24) is 10.2 Å². The van der Waals surface area contributed by atoms with Crippen molar-refractivity contribution in [3.05, 3.63) is 64.1 Å². The molecule has 0 radical (unpaired) electrons. The van der Waals surface area contributed by atoms with Crippen molar-refractivity contribution in [2.75, 3.05) is 17.1 Å². The largest absolute Gasteiger partial charge is 0.352 e. The molecule has 1 aliphatic rings. The van der Waals surface area contributed by atoms with Crippen LogP contribution in [0.15, 0.2) is 48.5 Å². The van der Waals surface area contributed by atoms with Gasteiger partial charge in [-0.3, -0.25) is 13.9 Å². The molecule has 0 saturated heterocycles. The van der Waals surface area contributed by atoms with Crippen LogP contribution in [0.4, 0.5) is 5.69 Å². The van der Waals surface area contributed by atoms with E-state index in [9.17, 15) is 18.0 Å². The molecule has 190 valence electrons. The lowest BCUT2D eigenvalue weighted by Gasteiger charge is -2.33. The van der Waals surface area contributed by atoms with Gasteiger partial charge in [-0.15, -0.1) is 0 Å². The molecule has 1 atom stereocenters. The summed E-state index contributed by atoms with van der Waals surface area (Å²) in [5.41, 5.74) is 1.06. The maximum atomic E-state index is 13.7. The summed E-state index contributed by atoms with van der Waals surface area (Å²) in [6.07, 6.45) is 5.40. The van der Waals surface area contributed by atoms with Crippen LogP contribution in [0, 0.1) is 0 Å². The van der Waals surface area contributed by atoms with Crippen molar-refractivity contribution in [2.45, 2.75) is 57.7 Å². The maximum Gasteiger partial charge on any atom is 0.244 e. The Kier molecular flexibility index (Phi) is 9.44. The van der Waals surface area contributed by atoms with E-state index in [0.29, 0.717) is 6.42 Å². The lowest BCUT2D eigenvalue weighted by Crippen LogP contribution is -2.53. The van der Waals surface area contributed by atoms with E-state index in [1.807, 2.05) is 37.3 Å². The highest BCUT2D eigenvalue weighted by Crippen LogP contribution is 2.29. The van der Waals surface area contributed by atoms with Gasteiger partial charge in [0.2, 0.25) is 21.8 Å². The second-order valence-electron chi connectivity index (χ2n) is 8.79. The third kappa shape index (κ3) is 7.35. The Bertz CT molecular complexity index is 1140. The molecule has 1 fully saturated rings. The topological polar surface area (TPSA) is 86.8 Å². The Morgan fingerprint density at radius 1 is 1.06 bits per heavy atom. The molecule has 10 heteroatoms. The average molecular weight is 541 g/mol. The zero-order chi connectivity index (χ0) is 25.6. The Balaban J connectivity index is 1.91. The number of rotatable bonds is 10. The van der Waals surface area contributed by atoms with Gasteiger partial charge in [0.1, 0.15) is 12.6 Å². The molecular formula is C25H31Cl2N3O4S. The predicted octanol–water partition coefficient (Wildman–Crippen LogP) is 4.63. The summed E-state index contributed by atoms with van der Waals surface area (Å²) in [6.45, 7) is 1.55. The number of sulfonamides is 1. The minimum atomic E-state index is -3.84. The fourth-order valence-electron chi connectivity index (χ4n) is 4.32. The smallest absolute Gasteiger partial charge is 0.244 e. The number of nitrogens with one attached hydrogen (secondary N) is 1. The van der Waals surface area contributed by atoms with Crippen molar-refractivity contribution < 1.29 is 18.0 Å². The first-order chi connectivity index (χ1) is 16.6. The summed E-state index contributed by atoms with van der Waals surface area (Å²) < 4.78 is 26.3. The molecule has 1 unspecified atom stereocenters. The second kappa shape index (κ2) is 12.1. The number of halogens is 2. The number of amides is 2. The van der Waals surface area contributed by atoms with Crippen molar-refractivity contribution in [2.24, 2.45) is 0 Å². The van der Waals surface area contributed by atoms with Gasteiger partial charge in [-0.05, 0) is 43.0 Å². The molecular weight excluding hydrogens is 509 g/mol. The Hall–Kier alpha value is -2.29. The first kappa shape index (κ1) is 27.3. The number of nitrogens with zero attached hydrogens (tertiary/aromatic N) is 2. The zero-order valence-electron chi connectivity index (χ0n) is 19.9. The van der Waals surface area contributed by atoms with Crippen LogP contribution in [-0.2, 0) is 26.2 Å². The molecule has 0 bridgehead atoms. The second-order valence-corrected chi connectivity index (χ2v) is 11.5. The van der Waals surface area contributed by atoms with Crippen LogP contribution in [0.5, 0.6) is 0 Å². The van der Waals surface area contributed by atoms with Gasteiger partial charge < -0.3 is 10.2 Å². The van der Waals surface area contributed by atoms with Gasteiger partial charge in [0.15, 0.2) is 0 Å². The fourth-order valence-corrected chi connectivity index (χ4v) is 5.45. The molecule has 0 spiro atoms. The number of carbonyl (C=O) groups excluding carboxylic acids is 2. The van der Waals surface area contributed by atoms with Crippen molar-refractivity contribution >= 4 is 50.7 Å². The van der Waals surface area contributed by atoms with Gasteiger partial charge in [-0.1, -0.05) is 73.3 Å². The van der Waals surface area contributed by atoms with Crippen molar-refractivity contribution in [3.8, 4) is 0 Å². The number of carbonyl (C=O) groups is 2. The van der Waals surface area contributed by atoms with Crippen LogP contribution in [0.3, 0.4) is 0 Å². The van der Waals surface area contributed by atoms with Gasteiger partial charge in [-0.2, -0.15) is 0 Å². The molecule has 1 N–H and O–H groups in total. The van der Waals surface area contributed by atoms with Crippen molar-refractivity contribution in [3.63, 3.8) is 0 Å². The molecule has 1 saturated carbocycles. The third-order valence-corrected chi connectivity index (χ3v) is 8.03. The highest BCUT2D eigenvalue weighted by atomic mass is 35.5. The van der Waals surface area contributed by atoms with E-state index in [2.05, 4.69) is 5.32 Å². The highest BCUT2D eigenvalue weighted by Gasteiger charge is 2.33. The minimum Gasteiger partial charge on any atom is -0.352 e. The van der Waals surface area contributed by atoms with Crippen LogP contribution in [0.2, 0.25) is 10.0 Å². The standard InChI is InChI=1S/C25H31Cl2N3O4S/c1-3-23(25(32)28-19-11-7-8-12-19)29(16-18-9-5-4-6-10-18)24(31)17-30(35(2,33)34)20-13-14-21(26)22(27)15-20/h4-6,9-10,13-15,19,23H,3,7-8,11-12,16-17H2,1-2H3,(H,28,32). The van der Waals surface area contributed by atoms with E-state index in [1.54, 1.807) is 0 Å². The summed E-state index contributed by atoms with van der Waals surface area (Å²) >= 11 is 12.1. The van der Waals surface area contributed by atoms with Gasteiger partial charge in [0.05, 0.1) is 22.0 Å². The first-order valence-corrected chi connectivity index (χ1v) is 14.3. The third-order valence-electron chi connectivity index (χ3n) is 6.15. The van der Waals surface area contributed by atoms with Gasteiger partial charge in [0, 0.05) is 12.6 Å². The van der Waals surface area contributed by atoms with Gasteiger partial charge in [0.25, 0.3) is 0 Å². The molecule has 35 heavy (non-hydrogen) atoms. The van der Waals surface area contributed by atoms with Crippen LogP contribution < -0.4 is 9.62 Å².